The third kappa shape index (κ3) is 3.49. The number of nitrogens with one attached hydrogen (secondary N) is 1. The summed E-state index contributed by atoms with van der Waals surface area (Å²) in [5, 5.41) is 6.47. The maximum atomic E-state index is 4.74. The van der Waals surface area contributed by atoms with Crippen LogP contribution in [0, 0.1) is 6.92 Å². The van der Waals surface area contributed by atoms with Gasteiger partial charge in [0.15, 0.2) is 0 Å². The molecule has 0 atom stereocenters. The smallest absolute Gasteiger partial charge is 0.244 e. The van der Waals surface area contributed by atoms with E-state index in [1.54, 1.807) is 12.4 Å². The molecular weight excluding hydrogens is 370 g/mol. The predicted molar refractivity (Wildman–Crippen MR) is 123 cm³/mol. The van der Waals surface area contributed by atoms with Crippen molar-refractivity contribution in [1.29, 1.82) is 0 Å². The summed E-state index contributed by atoms with van der Waals surface area (Å²) in [6.45, 7) is 2.06. The summed E-state index contributed by atoms with van der Waals surface area (Å²) in [5.74, 6) is 0.455. The molecule has 2 heterocycles. The molecular formula is C25H19N5. The molecule has 0 fully saturated rings. The SMILES string of the molecule is Cc1ccc2c(-c3ccccc3)nc(N/N=C/c3cccc4cccnc34)nc2c1. The van der Waals surface area contributed by atoms with Crippen molar-refractivity contribution in [3.63, 3.8) is 0 Å². The maximum absolute atomic E-state index is 4.74. The molecule has 2 aromatic heterocycles. The topological polar surface area (TPSA) is 63.1 Å². The van der Waals surface area contributed by atoms with Crippen LogP contribution in [0.15, 0.2) is 90.2 Å². The van der Waals surface area contributed by atoms with Crippen molar-refractivity contribution >= 4 is 34.0 Å². The summed E-state index contributed by atoms with van der Waals surface area (Å²) < 4.78 is 0. The van der Waals surface area contributed by atoms with Crippen molar-refractivity contribution in [2.24, 2.45) is 5.10 Å². The highest BCUT2D eigenvalue weighted by Gasteiger charge is 2.10. The lowest BCUT2D eigenvalue weighted by atomic mass is 10.1. The number of pyridine rings is 1. The number of anilines is 1. The van der Waals surface area contributed by atoms with Crippen LogP contribution >= 0.6 is 0 Å². The molecule has 5 aromatic rings. The molecule has 0 spiro atoms. The van der Waals surface area contributed by atoms with Crippen LogP contribution in [0.4, 0.5) is 5.95 Å². The Morgan fingerprint density at radius 3 is 2.63 bits per heavy atom. The fraction of sp³-hybridized carbons (Fsp3) is 0.0400. The van der Waals surface area contributed by atoms with Gasteiger partial charge in [-0.25, -0.2) is 15.4 Å². The van der Waals surface area contributed by atoms with Gasteiger partial charge in [-0.1, -0.05) is 66.7 Å². The minimum atomic E-state index is 0.455. The van der Waals surface area contributed by atoms with Crippen LogP contribution in [0.25, 0.3) is 33.1 Å². The van der Waals surface area contributed by atoms with Gasteiger partial charge in [0.1, 0.15) is 0 Å². The lowest BCUT2D eigenvalue weighted by Gasteiger charge is -2.09. The van der Waals surface area contributed by atoms with E-state index in [1.165, 1.54) is 0 Å². The van der Waals surface area contributed by atoms with Gasteiger partial charge in [0.2, 0.25) is 5.95 Å². The number of nitrogens with zero attached hydrogens (tertiary/aromatic N) is 4. The molecule has 0 amide bonds. The minimum absolute atomic E-state index is 0.455. The van der Waals surface area contributed by atoms with E-state index in [2.05, 4.69) is 57.8 Å². The Balaban J connectivity index is 1.53. The molecule has 1 N–H and O–H groups in total. The summed E-state index contributed by atoms with van der Waals surface area (Å²) >= 11 is 0. The average Bonchev–Trinajstić information content (AvgIpc) is 2.79. The van der Waals surface area contributed by atoms with E-state index in [9.17, 15) is 0 Å². The Morgan fingerprint density at radius 1 is 0.867 bits per heavy atom. The van der Waals surface area contributed by atoms with Gasteiger partial charge in [0.25, 0.3) is 0 Å². The molecule has 5 nitrogen and oxygen atoms in total. The number of fused-ring (bicyclic) bond motifs is 2. The summed E-state index contributed by atoms with van der Waals surface area (Å²) in [7, 11) is 0. The number of hydrogen-bond donors (Lipinski definition) is 1. The normalized spacial score (nSPS) is 11.4. The number of benzene rings is 3. The predicted octanol–water partition coefficient (Wildman–Crippen LogP) is 5.60. The van der Waals surface area contributed by atoms with E-state index in [4.69, 9.17) is 4.98 Å². The Morgan fingerprint density at radius 2 is 1.73 bits per heavy atom. The summed E-state index contributed by atoms with van der Waals surface area (Å²) in [6, 6.07) is 26.3. The second-order valence-electron chi connectivity index (χ2n) is 7.07. The molecule has 0 aliphatic carbocycles. The third-order valence-corrected chi connectivity index (χ3v) is 4.93. The quantitative estimate of drug-likeness (QED) is 0.321. The van der Waals surface area contributed by atoms with Gasteiger partial charge in [-0.2, -0.15) is 5.10 Å². The van der Waals surface area contributed by atoms with E-state index in [1.807, 2.05) is 48.5 Å². The van der Waals surface area contributed by atoms with Crippen LogP contribution in [-0.4, -0.2) is 21.2 Å². The molecule has 0 bridgehead atoms. The van der Waals surface area contributed by atoms with E-state index in [-0.39, 0.29) is 0 Å². The number of hydrogen-bond acceptors (Lipinski definition) is 5. The lowest BCUT2D eigenvalue weighted by Crippen LogP contribution is -2.00. The van der Waals surface area contributed by atoms with Gasteiger partial charge < -0.3 is 0 Å². The van der Waals surface area contributed by atoms with Gasteiger partial charge >= 0.3 is 0 Å². The molecule has 0 saturated carbocycles. The van der Waals surface area contributed by atoms with Crippen LogP contribution in [-0.2, 0) is 0 Å². The molecule has 3 aromatic carbocycles. The van der Waals surface area contributed by atoms with Gasteiger partial charge in [-0.15, -0.1) is 0 Å². The first-order chi connectivity index (χ1) is 14.8. The van der Waals surface area contributed by atoms with Gasteiger partial charge in [-0.3, -0.25) is 4.98 Å². The van der Waals surface area contributed by atoms with E-state index >= 15 is 0 Å². The van der Waals surface area contributed by atoms with E-state index in [0.29, 0.717) is 5.95 Å². The monoisotopic (exact) mass is 389 g/mol. The summed E-state index contributed by atoms with van der Waals surface area (Å²) in [4.78, 5) is 13.9. The van der Waals surface area contributed by atoms with Gasteiger partial charge in [-0.05, 0) is 24.6 Å². The second-order valence-corrected chi connectivity index (χ2v) is 7.07. The highest BCUT2D eigenvalue weighted by molar-refractivity contribution is 5.97. The van der Waals surface area contributed by atoms with E-state index in [0.717, 1.165) is 44.2 Å². The fourth-order valence-corrected chi connectivity index (χ4v) is 3.50. The van der Waals surface area contributed by atoms with Crippen LogP contribution in [0.5, 0.6) is 0 Å². The highest BCUT2D eigenvalue weighted by atomic mass is 15.3. The van der Waals surface area contributed by atoms with Crippen molar-refractivity contribution in [3.8, 4) is 11.3 Å². The maximum Gasteiger partial charge on any atom is 0.244 e. The van der Waals surface area contributed by atoms with Crippen LogP contribution < -0.4 is 5.43 Å². The molecule has 0 unspecified atom stereocenters. The molecule has 0 aliphatic heterocycles. The Kier molecular flexibility index (Phi) is 4.62. The zero-order valence-electron chi connectivity index (χ0n) is 16.4. The number of hydrazone groups is 1. The van der Waals surface area contributed by atoms with Crippen LogP contribution in [0.2, 0.25) is 0 Å². The van der Waals surface area contributed by atoms with E-state index < -0.39 is 0 Å². The molecule has 0 radical (unpaired) electrons. The highest BCUT2D eigenvalue weighted by Crippen LogP contribution is 2.27. The number of rotatable bonds is 4. The van der Waals surface area contributed by atoms with Crippen LogP contribution in [0.3, 0.4) is 0 Å². The molecule has 5 rings (SSSR count). The molecule has 144 valence electrons. The van der Waals surface area contributed by atoms with Crippen molar-refractivity contribution in [1.82, 2.24) is 15.0 Å². The zero-order chi connectivity index (χ0) is 20.3. The summed E-state index contributed by atoms with van der Waals surface area (Å²) in [5.41, 5.74) is 8.79. The van der Waals surface area contributed by atoms with Crippen molar-refractivity contribution < 1.29 is 0 Å². The van der Waals surface area contributed by atoms with Gasteiger partial charge in [0, 0.05) is 28.1 Å². The Labute approximate surface area is 174 Å². The van der Waals surface area contributed by atoms with Crippen molar-refractivity contribution in [2.45, 2.75) is 6.92 Å². The van der Waals surface area contributed by atoms with Crippen molar-refractivity contribution in [2.75, 3.05) is 5.43 Å². The van der Waals surface area contributed by atoms with Gasteiger partial charge in [0.05, 0.1) is 22.9 Å². The first kappa shape index (κ1) is 17.9. The second kappa shape index (κ2) is 7.72. The average molecular weight is 389 g/mol. The molecule has 0 saturated heterocycles. The summed E-state index contributed by atoms with van der Waals surface area (Å²) in [6.07, 6.45) is 3.54. The minimum Gasteiger partial charge on any atom is -0.256 e. The molecule has 0 aliphatic rings. The standard InChI is InChI=1S/C25H19N5/c1-17-12-13-21-22(15-17)28-25(29-24(21)19-7-3-2-4-8-19)30-27-16-20-10-5-9-18-11-6-14-26-23(18)20/h2-16H,1H3,(H,28,29,30)/b27-16+. The number of aryl methyl sites for hydroxylation is 1. The Hall–Kier alpha value is -4.12. The zero-order valence-corrected chi connectivity index (χ0v) is 16.4. The third-order valence-electron chi connectivity index (χ3n) is 4.93. The van der Waals surface area contributed by atoms with Crippen molar-refractivity contribution in [3.05, 3.63) is 96.2 Å². The molecule has 5 heteroatoms. The lowest BCUT2D eigenvalue weighted by molar-refractivity contribution is 1.15. The number of aromatic nitrogens is 3. The fourth-order valence-electron chi connectivity index (χ4n) is 3.50. The first-order valence-electron chi connectivity index (χ1n) is 9.74. The van der Waals surface area contributed by atoms with Crippen LogP contribution in [0.1, 0.15) is 11.1 Å². The first-order valence-corrected chi connectivity index (χ1v) is 9.74. The largest absolute Gasteiger partial charge is 0.256 e. The Bertz CT molecular complexity index is 1370. The molecule has 30 heavy (non-hydrogen) atoms. The number of para-hydroxylation sites is 1.